The standard InChI is InChI=1S/C24H30N2O3/c27-23(28)16-10-2-1-3-11-17-25-19-22(21-14-8-5-9-15-21)26(24(25)29)18-20-12-6-4-7-13-20/h4-9,12-15,22H,1-3,10-11,16-19H2,(H,27,28). The second-order valence-corrected chi connectivity index (χ2v) is 7.68. The van der Waals surface area contributed by atoms with Crippen molar-refractivity contribution in [2.24, 2.45) is 0 Å². The Bertz CT molecular complexity index is 779. The van der Waals surface area contributed by atoms with E-state index in [2.05, 4.69) is 24.3 Å². The molecule has 1 aliphatic heterocycles. The summed E-state index contributed by atoms with van der Waals surface area (Å²) in [5.41, 5.74) is 2.31. The molecule has 154 valence electrons. The largest absolute Gasteiger partial charge is 0.481 e. The third kappa shape index (κ3) is 6.08. The zero-order chi connectivity index (χ0) is 20.5. The van der Waals surface area contributed by atoms with E-state index in [1.54, 1.807) is 0 Å². The average Bonchev–Trinajstić information content (AvgIpc) is 3.04. The number of rotatable bonds is 11. The molecule has 0 aromatic heterocycles. The summed E-state index contributed by atoms with van der Waals surface area (Å²) < 4.78 is 0. The van der Waals surface area contributed by atoms with E-state index in [-0.39, 0.29) is 18.5 Å². The molecule has 0 spiro atoms. The van der Waals surface area contributed by atoms with Crippen LogP contribution < -0.4 is 0 Å². The average molecular weight is 395 g/mol. The predicted molar refractivity (Wildman–Crippen MR) is 113 cm³/mol. The summed E-state index contributed by atoms with van der Waals surface area (Å²) in [5, 5.41) is 8.69. The molecule has 0 radical (unpaired) electrons. The number of aliphatic carboxylic acids is 1. The van der Waals surface area contributed by atoms with Crippen molar-refractivity contribution >= 4 is 12.0 Å². The summed E-state index contributed by atoms with van der Waals surface area (Å²) >= 11 is 0. The van der Waals surface area contributed by atoms with E-state index >= 15 is 0 Å². The van der Waals surface area contributed by atoms with Crippen molar-refractivity contribution in [3.05, 3.63) is 71.8 Å². The highest BCUT2D eigenvalue weighted by atomic mass is 16.4. The Hall–Kier alpha value is -2.82. The second kappa shape index (κ2) is 10.6. The maximum absolute atomic E-state index is 13.1. The van der Waals surface area contributed by atoms with Crippen LogP contribution in [0.2, 0.25) is 0 Å². The molecule has 5 heteroatoms. The van der Waals surface area contributed by atoms with Crippen LogP contribution in [0.3, 0.4) is 0 Å². The molecule has 1 saturated heterocycles. The summed E-state index contributed by atoms with van der Waals surface area (Å²) in [6, 6.07) is 20.6. The highest BCUT2D eigenvalue weighted by molar-refractivity contribution is 5.77. The molecule has 2 aromatic carbocycles. The number of benzene rings is 2. The summed E-state index contributed by atoms with van der Waals surface area (Å²) in [7, 11) is 0. The van der Waals surface area contributed by atoms with Crippen molar-refractivity contribution < 1.29 is 14.7 Å². The third-order valence-corrected chi connectivity index (χ3v) is 5.48. The molecule has 1 N–H and O–H groups in total. The molecule has 2 amide bonds. The minimum Gasteiger partial charge on any atom is -0.481 e. The quantitative estimate of drug-likeness (QED) is 0.540. The molecule has 1 atom stereocenters. The molecule has 0 bridgehead atoms. The Morgan fingerprint density at radius 3 is 2.21 bits per heavy atom. The van der Waals surface area contributed by atoms with E-state index in [1.807, 2.05) is 46.2 Å². The minimum absolute atomic E-state index is 0.0690. The Morgan fingerprint density at radius 2 is 1.52 bits per heavy atom. The molecular formula is C24H30N2O3. The molecule has 1 unspecified atom stereocenters. The van der Waals surface area contributed by atoms with E-state index in [4.69, 9.17) is 5.11 Å². The van der Waals surface area contributed by atoms with E-state index in [0.717, 1.165) is 44.2 Å². The van der Waals surface area contributed by atoms with Gasteiger partial charge < -0.3 is 14.9 Å². The third-order valence-electron chi connectivity index (χ3n) is 5.48. The van der Waals surface area contributed by atoms with Crippen LogP contribution in [0.5, 0.6) is 0 Å². The number of carboxylic acids is 1. The van der Waals surface area contributed by atoms with Crippen LogP contribution in [0, 0.1) is 0 Å². The molecule has 2 aromatic rings. The Kier molecular flexibility index (Phi) is 7.68. The van der Waals surface area contributed by atoms with Gasteiger partial charge in [-0.3, -0.25) is 4.79 Å². The molecule has 3 rings (SSSR count). The fourth-order valence-corrected chi connectivity index (χ4v) is 3.91. The lowest BCUT2D eigenvalue weighted by Crippen LogP contribution is -2.32. The maximum Gasteiger partial charge on any atom is 0.320 e. The van der Waals surface area contributed by atoms with E-state index < -0.39 is 5.97 Å². The van der Waals surface area contributed by atoms with Gasteiger partial charge in [-0.25, -0.2) is 4.79 Å². The molecule has 5 nitrogen and oxygen atoms in total. The van der Waals surface area contributed by atoms with Crippen LogP contribution in [0.1, 0.15) is 55.7 Å². The summed E-state index contributed by atoms with van der Waals surface area (Å²) in [6.07, 6.45) is 4.92. The fourth-order valence-electron chi connectivity index (χ4n) is 3.91. The fraction of sp³-hybridized carbons (Fsp3) is 0.417. The van der Waals surface area contributed by atoms with E-state index in [9.17, 15) is 9.59 Å². The topological polar surface area (TPSA) is 60.9 Å². The zero-order valence-corrected chi connectivity index (χ0v) is 16.9. The number of hydrogen-bond acceptors (Lipinski definition) is 2. The maximum atomic E-state index is 13.1. The Labute approximate surface area is 172 Å². The number of hydrogen-bond donors (Lipinski definition) is 1. The van der Waals surface area contributed by atoms with Gasteiger partial charge in [0.25, 0.3) is 0 Å². The van der Waals surface area contributed by atoms with Gasteiger partial charge in [-0.15, -0.1) is 0 Å². The van der Waals surface area contributed by atoms with Crippen molar-refractivity contribution in [3.63, 3.8) is 0 Å². The molecule has 1 heterocycles. The monoisotopic (exact) mass is 394 g/mol. The van der Waals surface area contributed by atoms with Gasteiger partial charge in [-0.2, -0.15) is 0 Å². The first kappa shape index (κ1) is 20.9. The van der Waals surface area contributed by atoms with E-state index in [1.165, 1.54) is 5.56 Å². The van der Waals surface area contributed by atoms with Gasteiger partial charge in [0.15, 0.2) is 0 Å². The van der Waals surface area contributed by atoms with Gasteiger partial charge in [0, 0.05) is 26.1 Å². The highest BCUT2D eigenvalue weighted by Gasteiger charge is 2.37. The number of carbonyl (C=O) groups excluding carboxylic acids is 1. The van der Waals surface area contributed by atoms with Crippen molar-refractivity contribution in [3.8, 4) is 0 Å². The lowest BCUT2D eigenvalue weighted by Gasteiger charge is -2.23. The highest BCUT2D eigenvalue weighted by Crippen LogP contribution is 2.31. The molecule has 0 aliphatic carbocycles. The van der Waals surface area contributed by atoms with Crippen molar-refractivity contribution in [1.29, 1.82) is 0 Å². The lowest BCUT2D eigenvalue weighted by atomic mass is 10.1. The van der Waals surface area contributed by atoms with Gasteiger partial charge in [-0.05, 0) is 24.0 Å². The van der Waals surface area contributed by atoms with Crippen molar-refractivity contribution in [1.82, 2.24) is 9.80 Å². The first-order valence-corrected chi connectivity index (χ1v) is 10.5. The minimum atomic E-state index is -0.724. The number of urea groups is 1. The van der Waals surface area contributed by atoms with Gasteiger partial charge in [0.2, 0.25) is 0 Å². The summed E-state index contributed by atoms with van der Waals surface area (Å²) in [4.78, 5) is 27.6. The first-order chi connectivity index (χ1) is 14.1. The van der Waals surface area contributed by atoms with Crippen LogP contribution in [-0.4, -0.2) is 40.0 Å². The number of unbranched alkanes of at least 4 members (excludes halogenated alkanes) is 4. The van der Waals surface area contributed by atoms with Gasteiger partial charge >= 0.3 is 12.0 Å². The van der Waals surface area contributed by atoms with Crippen LogP contribution in [0.15, 0.2) is 60.7 Å². The van der Waals surface area contributed by atoms with Gasteiger partial charge in [-0.1, -0.05) is 79.9 Å². The first-order valence-electron chi connectivity index (χ1n) is 10.5. The molecular weight excluding hydrogens is 364 g/mol. The molecule has 0 saturated carbocycles. The van der Waals surface area contributed by atoms with Crippen LogP contribution in [0.25, 0.3) is 0 Å². The SMILES string of the molecule is O=C(O)CCCCCCCN1CC(c2ccccc2)N(Cc2ccccc2)C1=O. The number of nitrogens with zero attached hydrogens (tertiary/aromatic N) is 2. The number of carbonyl (C=O) groups is 2. The summed E-state index contributed by atoms with van der Waals surface area (Å²) in [6.45, 7) is 2.09. The summed E-state index contributed by atoms with van der Waals surface area (Å²) in [5.74, 6) is -0.724. The normalized spacial score (nSPS) is 16.4. The lowest BCUT2D eigenvalue weighted by molar-refractivity contribution is -0.137. The number of amides is 2. The van der Waals surface area contributed by atoms with Crippen molar-refractivity contribution in [2.75, 3.05) is 13.1 Å². The van der Waals surface area contributed by atoms with Gasteiger partial charge in [0.05, 0.1) is 6.04 Å². The molecule has 29 heavy (non-hydrogen) atoms. The smallest absolute Gasteiger partial charge is 0.320 e. The van der Waals surface area contributed by atoms with E-state index in [0.29, 0.717) is 13.1 Å². The Balaban J connectivity index is 1.56. The zero-order valence-electron chi connectivity index (χ0n) is 16.9. The Morgan fingerprint density at radius 1 is 0.897 bits per heavy atom. The van der Waals surface area contributed by atoms with Crippen LogP contribution in [-0.2, 0) is 11.3 Å². The second-order valence-electron chi connectivity index (χ2n) is 7.68. The number of carboxylic acid groups (broad SMARTS) is 1. The van der Waals surface area contributed by atoms with Crippen LogP contribution in [0.4, 0.5) is 4.79 Å². The van der Waals surface area contributed by atoms with Crippen molar-refractivity contribution in [2.45, 2.75) is 51.1 Å². The molecule has 1 aliphatic rings. The predicted octanol–water partition coefficient (Wildman–Crippen LogP) is 5.09. The van der Waals surface area contributed by atoms with Gasteiger partial charge in [0.1, 0.15) is 0 Å². The molecule has 1 fully saturated rings. The van der Waals surface area contributed by atoms with Crippen LogP contribution >= 0.6 is 0 Å².